The molecule has 9 aromatic carbocycles. The zero-order valence-electron chi connectivity index (χ0n) is 70.9. The van der Waals surface area contributed by atoms with Gasteiger partial charge >= 0.3 is 30.0 Å². The van der Waals surface area contributed by atoms with Crippen molar-refractivity contribution in [2.75, 3.05) is 52.5 Å². The summed E-state index contributed by atoms with van der Waals surface area (Å²) in [4.78, 5) is 106. The SMILES string of the molecule is CC(C)[C@H](NC(=O)OCc1ccccc1)C(=O)C[C@H](C=O)Cc1ccccc1.O=C(OC1C(O)[C@H](OC(=O)c2cc(O)c(O)c(O)c2)C(OC(=O)c2cc(O)c(O)c(O)c2)O[C@H]1OC(=O)c1cc(O)c(O)c(O)c1)c1cc(O)c(O)c(O)c1.O=c1cc(-c2ccc(O)c(O)c2)oc2cc(O)cc(O)c12.OC(COc1cccc(OCC(O)CN2CCCCC2)c1)CN1CCCCC1. The zero-order chi connectivity index (χ0) is 95.7. The highest BCUT2D eigenvalue weighted by Gasteiger charge is 2.54. The van der Waals surface area contributed by atoms with E-state index in [9.17, 15) is 135 Å². The number of β-amino-alcohol motifs (C(OH)–C–C–N with tert-alkyl or cyclic N) is 2. The number of likely N-dealkylation sites (tertiary alicyclic amines) is 2. The van der Waals surface area contributed by atoms with Gasteiger partial charge in [0, 0.05) is 55.3 Å². The summed E-state index contributed by atoms with van der Waals surface area (Å²) in [7, 11) is 0. The highest BCUT2D eigenvalue weighted by Crippen LogP contribution is 2.42. The number of hydrogen-bond donors (Lipinski definition) is 20. The molecule has 1 amide bonds. The van der Waals surface area contributed by atoms with Crippen LogP contribution in [0.15, 0.2) is 179 Å². The molecule has 39 nitrogen and oxygen atoms in total. The maximum absolute atomic E-state index is 13.2. The molecule has 132 heavy (non-hydrogen) atoms. The van der Waals surface area contributed by atoms with Crippen LogP contribution in [0.4, 0.5) is 4.79 Å². The van der Waals surface area contributed by atoms with E-state index in [2.05, 4.69) is 15.1 Å². The molecular weight excluding hydrogens is 1740 g/mol. The fourth-order valence-corrected chi connectivity index (χ4v) is 13.9. The van der Waals surface area contributed by atoms with Crippen LogP contribution in [0, 0.1) is 11.8 Å². The number of carbonyl (C=O) groups is 7. The lowest BCUT2D eigenvalue weighted by atomic mass is 9.90. The predicted molar refractivity (Wildman–Crippen MR) is 462 cm³/mol. The van der Waals surface area contributed by atoms with Crippen molar-refractivity contribution in [1.82, 2.24) is 15.1 Å². The van der Waals surface area contributed by atoms with Crippen LogP contribution in [0.25, 0.3) is 22.3 Å². The molecule has 4 heterocycles. The lowest BCUT2D eigenvalue weighted by Gasteiger charge is -2.42. The van der Waals surface area contributed by atoms with Crippen LogP contribution in [-0.2, 0) is 51.0 Å². The van der Waals surface area contributed by atoms with Crippen LogP contribution in [0.5, 0.6) is 103 Å². The Morgan fingerprint density at radius 2 is 0.879 bits per heavy atom. The molecule has 3 fully saturated rings. The number of rotatable bonds is 29. The molecule has 10 aromatic rings. The molecule has 9 atom stereocenters. The van der Waals surface area contributed by atoms with E-state index in [0.29, 0.717) is 85.1 Å². The highest BCUT2D eigenvalue weighted by molar-refractivity contribution is 5.94. The second-order valence-corrected chi connectivity index (χ2v) is 31.2. The van der Waals surface area contributed by atoms with Crippen molar-refractivity contribution in [2.45, 2.75) is 121 Å². The first kappa shape index (κ1) is 99.0. The maximum Gasteiger partial charge on any atom is 0.408 e. The Kier molecular flexibility index (Phi) is 34.7. The molecule has 3 saturated heterocycles. The summed E-state index contributed by atoms with van der Waals surface area (Å²) in [5.41, 5.74) is -1.10. The van der Waals surface area contributed by atoms with Crippen LogP contribution in [0.3, 0.4) is 0 Å². The number of aliphatic hydroxyl groups is 3. The second-order valence-electron chi connectivity index (χ2n) is 31.2. The van der Waals surface area contributed by atoms with Crippen molar-refractivity contribution in [2.24, 2.45) is 11.8 Å². The monoisotopic (exact) mass is 1830 g/mol. The highest BCUT2D eigenvalue weighted by atomic mass is 16.8. The van der Waals surface area contributed by atoms with Gasteiger partial charge in [-0.15, -0.1) is 0 Å². The van der Waals surface area contributed by atoms with Crippen LogP contribution >= 0.6 is 0 Å². The maximum atomic E-state index is 13.2. The van der Waals surface area contributed by atoms with Gasteiger partial charge in [0.1, 0.15) is 84.1 Å². The molecule has 13 rings (SSSR count). The van der Waals surface area contributed by atoms with Crippen molar-refractivity contribution >= 4 is 53.0 Å². The number of aliphatic hydroxyl groups excluding tert-OH is 3. The molecule has 3 aliphatic rings. The molecule has 1 aromatic heterocycles. The van der Waals surface area contributed by atoms with Crippen LogP contribution < -0.4 is 20.2 Å². The van der Waals surface area contributed by atoms with E-state index < -0.39 is 182 Å². The minimum Gasteiger partial charge on any atom is -0.508 e. The van der Waals surface area contributed by atoms with Gasteiger partial charge in [0.25, 0.3) is 0 Å². The van der Waals surface area contributed by atoms with E-state index in [1.807, 2.05) is 98.8 Å². The number of ketones is 1. The minimum absolute atomic E-state index is 0.0163. The number of aldehydes is 1. The van der Waals surface area contributed by atoms with Gasteiger partial charge in [-0.2, -0.15) is 0 Å². The van der Waals surface area contributed by atoms with Gasteiger partial charge in [-0.25, -0.2) is 24.0 Å². The molecule has 20 N–H and O–H groups in total. The molecule has 702 valence electrons. The number of esters is 4. The fourth-order valence-electron chi connectivity index (χ4n) is 13.9. The molecule has 0 bridgehead atoms. The first-order chi connectivity index (χ1) is 62.9. The normalized spacial score (nSPS) is 16.9. The predicted octanol–water partition coefficient (Wildman–Crippen LogP) is 9.04. The molecule has 5 unspecified atom stereocenters. The number of phenols is 16. The number of carbonyl (C=O) groups excluding carboxylic acids is 7. The standard InChI is InChI=1S/C33H26O22.C23H27NO4.C22H36N2O4.C15H10O6/c34-13-1-9(2-14(35)21(13)42)28(47)51-26-25(46)27(52-29(48)10-3-15(36)22(43)16(37)4-10)33(54-31(50)12-7-19(40)24(45)20(41)8-12)55-32(26)53-30(49)11-5-17(38)23(44)18(39)6-11;1-17(2)22(24-23(27)28-16-19-11-7-4-8-12-19)21(26)14-20(15-25)13-18-9-5-3-6-10-18;25-19(15-23-10-3-1-4-11-23)17-27-21-8-7-9-22(14-21)28-18-20(26)16-24-12-5-2-6-13-24;16-8-4-11(19)15-12(20)6-13(21-14(15)5-8)7-1-2-9(17)10(18)3-7/h1-8,25-27,32-46H;3-12,15,17,20,22H,13-14,16H2,1-2H3,(H,24,27);7-9,14,19-20,25-26H,1-6,10-13,15-18H2;1-6,16-19H/t25?,26-,27?,32?,33+;20-,22+;;/m01../s1. The summed E-state index contributed by atoms with van der Waals surface area (Å²) in [5.74, 6) is -19.2. The smallest absolute Gasteiger partial charge is 0.408 e. The molecular formula is C93H99N3O36. The number of Topliss-reactive ketones (excluding diaryl/α,β-unsaturated/α-hetero) is 1. The Balaban J connectivity index is 0.000000197. The summed E-state index contributed by atoms with van der Waals surface area (Å²) in [6, 6.07) is 37.7. The summed E-state index contributed by atoms with van der Waals surface area (Å²) >= 11 is 0. The Hall–Kier alpha value is -15.2. The summed E-state index contributed by atoms with van der Waals surface area (Å²) in [6.07, 6.45) is -4.97. The topological polar surface area (TPSA) is 626 Å². The number of nitrogens with one attached hydrogen (secondary N) is 1. The molecule has 39 heteroatoms. The van der Waals surface area contributed by atoms with Crippen molar-refractivity contribution in [3.63, 3.8) is 0 Å². The van der Waals surface area contributed by atoms with E-state index in [4.69, 9.17) is 42.3 Å². The Morgan fingerprint density at radius 3 is 1.29 bits per heavy atom. The molecule has 0 spiro atoms. The largest absolute Gasteiger partial charge is 0.508 e. The third kappa shape index (κ3) is 27.5. The summed E-state index contributed by atoms with van der Waals surface area (Å²) in [6.45, 7) is 10.0. The van der Waals surface area contributed by atoms with Gasteiger partial charge in [0.2, 0.25) is 12.6 Å². The van der Waals surface area contributed by atoms with E-state index in [1.54, 1.807) is 0 Å². The van der Waals surface area contributed by atoms with Crippen LogP contribution in [0.2, 0.25) is 0 Å². The number of benzene rings is 9. The average molecular weight is 1830 g/mol. The minimum atomic E-state index is -2.53. The van der Waals surface area contributed by atoms with E-state index in [0.717, 1.165) is 55.7 Å². The number of hydrogen-bond acceptors (Lipinski definition) is 38. The number of piperidine rings is 2. The van der Waals surface area contributed by atoms with Crippen LogP contribution in [-0.4, -0.2) is 250 Å². The van der Waals surface area contributed by atoms with Gasteiger partial charge in [0.15, 0.2) is 104 Å². The second kappa shape index (κ2) is 46.2. The average Bonchev–Trinajstić information content (AvgIpc) is 0.775. The Labute approximate surface area is 751 Å². The van der Waals surface area contributed by atoms with Crippen molar-refractivity contribution in [3.8, 4) is 115 Å². The number of phenolic OH excluding ortho intramolecular Hbond substituents is 16. The number of nitrogens with zero attached hydrogens (tertiary/aromatic N) is 2. The van der Waals surface area contributed by atoms with Crippen molar-refractivity contribution in [1.29, 1.82) is 0 Å². The lowest BCUT2D eigenvalue weighted by Crippen LogP contribution is -2.62. The van der Waals surface area contributed by atoms with Crippen molar-refractivity contribution < 1.29 is 173 Å². The molecule has 3 aliphatic heterocycles. The number of alkyl carbamates (subject to hydrolysis) is 1. The third-order valence-corrected chi connectivity index (χ3v) is 20.7. The van der Waals surface area contributed by atoms with Gasteiger partial charge in [-0.05, 0) is 154 Å². The quantitative estimate of drug-likeness (QED) is 0.00899. The van der Waals surface area contributed by atoms with Gasteiger partial charge in [-0.1, -0.05) is 93.4 Å². The van der Waals surface area contributed by atoms with Gasteiger partial charge in [-0.3, -0.25) is 14.3 Å². The van der Waals surface area contributed by atoms with E-state index in [1.165, 1.54) is 62.8 Å². The zero-order valence-corrected chi connectivity index (χ0v) is 70.9. The first-order valence-electron chi connectivity index (χ1n) is 41.3. The van der Waals surface area contributed by atoms with Gasteiger partial charge < -0.3 is 155 Å². The lowest BCUT2D eigenvalue weighted by molar-refractivity contribution is -0.323. The summed E-state index contributed by atoms with van der Waals surface area (Å²) in [5, 5.41) is 190. The third-order valence-electron chi connectivity index (χ3n) is 20.7. The summed E-state index contributed by atoms with van der Waals surface area (Å²) < 4.78 is 48.6. The number of ether oxygens (including phenoxy) is 8. The Morgan fingerprint density at radius 1 is 0.462 bits per heavy atom. The molecule has 0 radical (unpaired) electrons. The number of aromatic hydroxyl groups is 16. The van der Waals surface area contributed by atoms with Gasteiger partial charge in [0.05, 0.1) is 28.3 Å². The first-order valence-corrected chi connectivity index (χ1v) is 41.3. The van der Waals surface area contributed by atoms with Crippen molar-refractivity contribution in [3.05, 3.63) is 213 Å². The fraction of sp³-hybridized carbons (Fsp3) is 0.312. The molecule has 0 saturated carbocycles. The van der Waals surface area contributed by atoms with E-state index >= 15 is 0 Å². The number of amides is 1. The van der Waals surface area contributed by atoms with E-state index in [-0.39, 0.29) is 77.7 Å². The van der Waals surface area contributed by atoms with Crippen LogP contribution in [0.1, 0.15) is 111 Å². The number of fused-ring (bicyclic) bond motifs is 1. The Bertz CT molecular complexity index is 5450. The molecule has 0 aliphatic carbocycles.